The molecule has 1 atom stereocenters. The highest BCUT2D eigenvalue weighted by Crippen LogP contribution is 2.27. The Labute approximate surface area is 62.6 Å². The molecule has 10 heavy (non-hydrogen) atoms. The van der Waals surface area contributed by atoms with Gasteiger partial charge in [0, 0.05) is 0 Å². The highest BCUT2D eigenvalue weighted by molar-refractivity contribution is 7.88. The van der Waals surface area contributed by atoms with Gasteiger partial charge in [-0.25, -0.2) is 8.42 Å². The van der Waals surface area contributed by atoms with Crippen molar-refractivity contribution in [1.29, 1.82) is 0 Å². The van der Waals surface area contributed by atoms with Crippen LogP contribution in [0.1, 0.15) is 6.92 Å². The largest absolute Gasteiger partial charge is 0.315 e. The van der Waals surface area contributed by atoms with Gasteiger partial charge in [0.1, 0.15) is 0 Å². The van der Waals surface area contributed by atoms with Crippen LogP contribution in [0.5, 0.6) is 0 Å². The first-order chi connectivity index (χ1) is 4.47. The zero-order valence-electron chi connectivity index (χ0n) is 6.25. The average molecular weight is 180 g/mol. The Morgan fingerprint density at radius 2 is 2.20 bits per heavy atom. The van der Waals surface area contributed by atoms with Crippen molar-refractivity contribution in [3.63, 3.8) is 0 Å². The molecule has 3 nitrogen and oxygen atoms in total. The maximum absolute atomic E-state index is 10.8. The molecule has 1 saturated heterocycles. The summed E-state index contributed by atoms with van der Waals surface area (Å²) in [5, 5.41) is 0. The zero-order chi connectivity index (χ0) is 7.83. The summed E-state index contributed by atoms with van der Waals surface area (Å²) in [7, 11) is -4.89. The van der Waals surface area contributed by atoms with Crippen molar-refractivity contribution in [1.82, 2.24) is 0 Å². The molecular formula is C5H12O3SSi. The van der Waals surface area contributed by atoms with Crippen LogP contribution < -0.4 is 0 Å². The highest BCUT2D eigenvalue weighted by atomic mass is 32.2. The van der Waals surface area contributed by atoms with E-state index in [9.17, 15) is 8.42 Å². The van der Waals surface area contributed by atoms with Crippen molar-refractivity contribution in [2.24, 2.45) is 0 Å². The Bertz CT molecular complexity index is 223. The lowest BCUT2D eigenvalue weighted by Gasteiger charge is -2.13. The number of rotatable bonds is 1. The molecule has 0 aromatic carbocycles. The van der Waals surface area contributed by atoms with Crippen LogP contribution in [0, 0.1) is 0 Å². The number of hydrogen-bond donors (Lipinski definition) is 0. The van der Waals surface area contributed by atoms with Gasteiger partial charge < -0.3 is 3.87 Å². The zero-order valence-corrected chi connectivity index (χ0v) is 8.07. The molecule has 60 valence electrons. The maximum Gasteiger partial charge on any atom is 0.257 e. The topological polar surface area (TPSA) is 43.4 Å². The van der Waals surface area contributed by atoms with Crippen LogP contribution >= 0.6 is 0 Å². The molecule has 0 aromatic rings. The molecule has 1 fully saturated rings. The summed E-state index contributed by atoms with van der Waals surface area (Å²) in [5.74, 6) is 0.240. The van der Waals surface area contributed by atoms with Gasteiger partial charge >= 0.3 is 0 Å². The molecule has 1 rings (SSSR count). The Kier molecular flexibility index (Phi) is 1.91. The van der Waals surface area contributed by atoms with E-state index in [0.717, 1.165) is 12.1 Å². The van der Waals surface area contributed by atoms with Crippen LogP contribution in [-0.2, 0) is 14.0 Å². The molecule has 0 amide bonds. The predicted octanol–water partition coefficient (Wildman–Crippen LogP) is 0.942. The molecule has 1 aliphatic heterocycles. The fourth-order valence-corrected chi connectivity index (χ4v) is 7.64. The molecule has 0 radical (unpaired) electrons. The first kappa shape index (κ1) is 8.23. The van der Waals surface area contributed by atoms with E-state index in [4.69, 9.17) is 3.87 Å². The van der Waals surface area contributed by atoms with Gasteiger partial charge in [-0.2, -0.15) is 0 Å². The fourth-order valence-electron chi connectivity index (χ4n) is 0.966. The summed E-state index contributed by atoms with van der Waals surface area (Å²) in [4.78, 5) is 0. The van der Waals surface area contributed by atoms with Crippen molar-refractivity contribution in [2.75, 3.05) is 5.75 Å². The Morgan fingerprint density at radius 3 is 2.40 bits per heavy atom. The van der Waals surface area contributed by atoms with Gasteiger partial charge in [0.25, 0.3) is 10.1 Å². The van der Waals surface area contributed by atoms with Crippen molar-refractivity contribution < 1.29 is 12.3 Å². The quantitative estimate of drug-likeness (QED) is 0.564. The lowest BCUT2D eigenvalue weighted by Crippen LogP contribution is -2.28. The van der Waals surface area contributed by atoms with Crippen LogP contribution in [-0.4, -0.2) is 22.5 Å². The number of hydrogen-bond acceptors (Lipinski definition) is 3. The molecule has 1 aliphatic rings. The molecular weight excluding hydrogens is 168 g/mol. The summed E-state index contributed by atoms with van der Waals surface area (Å²) >= 11 is 0. The van der Waals surface area contributed by atoms with Crippen LogP contribution in [0.25, 0.3) is 0 Å². The second-order valence-electron chi connectivity index (χ2n) is 2.90. The van der Waals surface area contributed by atoms with E-state index in [2.05, 4.69) is 0 Å². The average Bonchev–Trinajstić information content (AvgIpc) is 2.08. The van der Waals surface area contributed by atoms with Crippen molar-refractivity contribution in [3.8, 4) is 0 Å². The van der Waals surface area contributed by atoms with E-state index in [1.165, 1.54) is 0 Å². The summed E-state index contributed by atoms with van der Waals surface area (Å²) in [5.41, 5.74) is 0. The predicted molar refractivity (Wildman–Crippen MR) is 41.8 cm³/mol. The van der Waals surface area contributed by atoms with E-state index >= 15 is 0 Å². The standard InChI is InChI=1S/C5H12O3SSi/c1-3-10(2)5-4-9(6,7)8-10/h3-5H2,1-2H3. The third-order valence-corrected chi connectivity index (χ3v) is 8.45. The molecule has 0 N–H and O–H groups in total. The Hall–Kier alpha value is 0.127. The Morgan fingerprint density at radius 1 is 1.60 bits per heavy atom. The van der Waals surface area contributed by atoms with Gasteiger partial charge in [0.15, 0.2) is 0 Å². The lowest BCUT2D eigenvalue weighted by atomic mass is 10.9. The molecule has 1 unspecified atom stereocenters. The van der Waals surface area contributed by atoms with Crippen LogP contribution in [0.15, 0.2) is 0 Å². The summed E-state index contributed by atoms with van der Waals surface area (Å²) < 4.78 is 26.6. The first-order valence-electron chi connectivity index (χ1n) is 3.41. The molecule has 1 heterocycles. The minimum Gasteiger partial charge on any atom is -0.315 e. The molecule has 0 aromatic heterocycles. The second-order valence-corrected chi connectivity index (χ2v) is 9.20. The molecule has 5 heteroatoms. The molecule has 0 spiro atoms. The summed E-state index contributed by atoms with van der Waals surface area (Å²) in [6.45, 7) is 3.96. The van der Waals surface area contributed by atoms with E-state index in [0.29, 0.717) is 0 Å². The molecule has 0 saturated carbocycles. The van der Waals surface area contributed by atoms with E-state index < -0.39 is 18.4 Å². The monoisotopic (exact) mass is 180 g/mol. The summed E-state index contributed by atoms with van der Waals surface area (Å²) in [6, 6.07) is 1.66. The molecule has 0 bridgehead atoms. The third-order valence-electron chi connectivity index (χ3n) is 1.96. The summed E-state index contributed by atoms with van der Waals surface area (Å²) in [6.07, 6.45) is 0. The van der Waals surface area contributed by atoms with E-state index in [1.54, 1.807) is 0 Å². The second kappa shape index (κ2) is 2.32. The van der Waals surface area contributed by atoms with E-state index in [1.807, 2.05) is 13.5 Å². The Balaban J connectivity index is 2.76. The van der Waals surface area contributed by atoms with Crippen molar-refractivity contribution in [3.05, 3.63) is 0 Å². The van der Waals surface area contributed by atoms with Gasteiger partial charge in [0.05, 0.1) is 5.75 Å². The van der Waals surface area contributed by atoms with Gasteiger partial charge in [-0.05, 0) is 18.6 Å². The normalized spacial score (nSPS) is 38.2. The van der Waals surface area contributed by atoms with E-state index in [-0.39, 0.29) is 5.75 Å². The van der Waals surface area contributed by atoms with Crippen molar-refractivity contribution in [2.45, 2.75) is 25.6 Å². The fraction of sp³-hybridized carbons (Fsp3) is 1.00. The first-order valence-corrected chi connectivity index (χ1v) is 7.81. The highest BCUT2D eigenvalue weighted by Gasteiger charge is 2.40. The van der Waals surface area contributed by atoms with Crippen LogP contribution in [0.2, 0.25) is 18.6 Å². The van der Waals surface area contributed by atoms with Gasteiger partial charge in [-0.3, -0.25) is 0 Å². The SMILES string of the molecule is CC[Si]1(C)CCS(=O)(=O)O1. The molecule has 0 aliphatic carbocycles. The maximum atomic E-state index is 10.8. The van der Waals surface area contributed by atoms with Crippen LogP contribution in [0.4, 0.5) is 0 Å². The van der Waals surface area contributed by atoms with Crippen molar-refractivity contribution >= 4 is 18.4 Å². The minimum absolute atomic E-state index is 0.240. The lowest BCUT2D eigenvalue weighted by molar-refractivity contribution is 0.498. The van der Waals surface area contributed by atoms with Gasteiger partial charge in [-0.1, -0.05) is 6.92 Å². The minimum atomic E-state index is -3.10. The van der Waals surface area contributed by atoms with Crippen LogP contribution in [0.3, 0.4) is 0 Å². The van der Waals surface area contributed by atoms with Gasteiger partial charge in [0.2, 0.25) is 8.32 Å². The van der Waals surface area contributed by atoms with Gasteiger partial charge in [-0.15, -0.1) is 0 Å². The third kappa shape index (κ3) is 1.59. The smallest absolute Gasteiger partial charge is 0.257 e.